The number of halogens is 2. The van der Waals surface area contributed by atoms with E-state index < -0.39 is 5.60 Å². The Morgan fingerprint density at radius 1 is 1.41 bits per heavy atom. The van der Waals surface area contributed by atoms with Crippen molar-refractivity contribution in [3.8, 4) is 0 Å². The van der Waals surface area contributed by atoms with Crippen LogP contribution < -0.4 is 0 Å². The van der Waals surface area contributed by atoms with Gasteiger partial charge in [-0.15, -0.1) is 0 Å². The second-order valence-electron chi connectivity index (χ2n) is 5.08. The molecule has 0 radical (unpaired) electrons. The zero-order valence-corrected chi connectivity index (χ0v) is 10.3. The van der Waals surface area contributed by atoms with Gasteiger partial charge in [0.05, 0.1) is 5.60 Å². The minimum absolute atomic E-state index is 0.176. The predicted octanol–water partition coefficient (Wildman–Crippen LogP) is 2.39. The van der Waals surface area contributed by atoms with Crippen molar-refractivity contribution in [3.63, 3.8) is 0 Å². The summed E-state index contributed by atoms with van der Waals surface area (Å²) in [5.41, 5.74) is -0.391. The standard InChI is InChI=1S/C13H15ClFNO/c14-12-2-1-10(15)7-11(12)13(17)4-6-16-5-3-9(13)8-16/h1-2,7,9,17H,3-6,8H2. The molecule has 0 aromatic heterocycles. The third-order valence-corrected chi connectivity index (χ3v) is 4.48. The summed E-state index contributed by atoms with van der Waals surface area (Å²) in [7, 11) is 0. The Labute approximate surface area is 105 Å². The van der Waals surface area contributed by atoms with Crippen LogP contribution in [0.15, 0.2) is 18.2 Å². The molecular weight excluding hydrogens is 241 g/mol. The van der Waals surface area contributed by atoms with Crippen LogP contribution in [-0.2, 0) is 5.60 Å². The zero-order chi connectivity index (χ0) is 12.0. The molecule has 2 nitrogen and oxygen atoms in total. The number of nitrogens with zero attached hydrogens (tertiary/aromatic N) is 1. The van der Waals surface area contributed by atoms with Gasteiger partial charge in [0.1, 0.15) is 5.82 Å². The average Bonchev–Trinajstić information content (AvgIpc) is 2.73. The quantitative estimate of drug-likeness (QED) is 0.833. The van der Waals surface area contributed by atoms with E-state index in [-0.39, 0.29) is 11.7 Å². The lowest BCUT2D eigenvalue weighted by Crippen LogP contribution is -2.44. The van der Waals surface area contributed by atoms with E-state index in [1.807, 2.05) is 0 Å². The van der Waals surface area contributed by atoms with Crippen LogP contribution in [-0.4, -0.2) is 29.6 Å². The first-order chi connectivity index (χ1) is 8.09. The van der Waals surface area contributed by atoms with Crippen molar-refractivity contribution < 1.29 is 9.50 Å². The summed E-state index contributed by atoms with van der Waals surface area (Å²) in [5.74, 6) is -0.159. The van der Waals surface area contributed by atoms with E-state index in [9.17, 15) is 9.50 Å². The van der Waals surface area contributed by atoms with Gasteiger partial charge in [-0.1, -0.05) is 11.6 Å². The molecule has 1 N–H and O–H groups in total. The second-order valence-corrected chi connectivity index (χ2v) is 5.49. The van der Waals surface area contributed by atoms with Crippen LogP contribution in [0.2, 0.25) is 5.02 Å². The van der Waals surface area contributed by atoms with Gasteiger partial charge in [0, 0.05) is 29.6 Å². The Morgan fingerprint density at radius 2 is 2.24 bits per heavy atom. The van der Waals surface area contributed by atoms with Gasteiger partial charge in [-0.25, -0.2) is 4.39 Å². The van der Waals surface area contributed by atoms with E-state index >= 15 is 0 Å². The fourth-order valence-electron chi connectivity index (χ4n) is 3.14. The average molecular weight is 256 g/mol. The van der Waals surface area contributed by atoms with Crippen LogP contribution in [0.1, 0.15) is 18.4 Å². The molecule has 1 aromatic carbocycles. The summed E-state index contributed by atoms with van der Waals surface area (Å²) in [6.07, 6.45) is 1.60. The number of aliphatic hydroxyl groups is 1. The van der Waals surface area contributed by atoms with Crippen LogP contribution >= 0.6 is 11.6 Å². The monoisotopic (exact) mass is 255 g/mol. The molecule has 3 atom stereocenters. The summed E-state index contributed by atoms with van der Waals surface area (Å²) in [6.45, 7) is 2.78. The SMILES string of the molecule is OC1(c2cc(F)ccc2Cl)CCN2CCC1C2. The minimum Gasteiger partial charge on any atom is -0.385 e. The Balaban J connectivity index is 2.04. The van der Waals surface area contributed by atoms with E-state index in [1.54, 1.807) is 0 Å². The van der Waals surface area contributed by atoms with Gasteiger partial charge in [0.25, 0.3) is 0 Å². The van der Waals surface area contributed by atoms with Crippen LogP contribution in [0, 0.1) is 11.7 Å². The van der Waals surface area contributed by atoms with Crippen molar-refractivity contribution in [3.05, 3.63) is 34.6 Å². The van der Waals surface area contributed by atoms with Crippen LogP contribution in [0.25, 0.3) is 0 Å². The van der Waals surface area contributed by atoms with Crippen LogP contribution in [0.5, 0.6) is 0 Å². The maximum Gasteiger partial charge on any atom is 0.123 e. The van der Waals surface area contributed by atoms with Gasteiger partial charge in [-0.2, -0.15) is 0 Å². The fourth-order valence-corrected chi connectivity index (χ4v) is 3.42. The summed E-state index contributed by atoms with van der Waals surface area (Å²) in [4.78, 5) is 2.34. The third-order valence-electron chi connectivity index (χ3n) is 4.15. The lowest BCUT2D eigenvalue weighted by molar-refractivity contribution is -0.0503. The number of fused-ring (bicyclic) bond motifs is 2. The second kappa shape index (κ2) is 3.94. The van der Waals surface area contributed by atoms with Gasteiger partial charge >= 0.3 is 0 Å². The molecule has 0 amide bonds. The molecule has 3 rings (SSSR count). The van der Waals surface area contributed by atoms with Crippen molar-refractivity contribution >= 4 is 11.6 Å². The number of piperidine rings is 1. The molecule has 2 heterocycles. The highest BCUT2D eigenvalue weighted by Gasteiger charge is 2.46. The summed E-state index contributed by atoms with van der Waals surface area (Å²) in [5, 5.41) is 11.3. The molecule has 2 aliphatic heterocycles. The molecule has 0 saturated carbocycles. The first-order valence-corrected chi connectivity index (χ1v) is 6.37. The molecule has 1 aromatic rings. The Morgan fingerprint density at radius 3 is 3.06 bits per heavy atom. The largest absolute Gasteiger partial charge is 0.385 e. The highest BCUT2D eigenvalue weighted by molar-refractivity contribution is 6.31. The van der Waals surface area contributed by atoms with E-state index in [1.165, 1.54) is 18.2 Å². The van der Waals surface area contributed by atoms with Crippen LogP contribution in [0.3, 0.4) is 0 Å². The molecule has 92 valence electrons. The van der Waals surface area contributed by atoms with Crippen molar-refractivity contribution in [1.29, 1.82) is 0 Å². The zero-order valence-electron chi connectivity index (χ0n) is 9.50. The third kappa shape index (κ3) is 1.77. The van der Waals surface area contributed by atoms with E-state index in [4.69, 9.17) is 11.6 Å². The van der Waals surface area contributed by atoms with Gasteiger partial charge in [0.15, 0.2) is 0 Å². The number of hydrogen-bond donors (Lipinski definition) is 1. The van der Waals surface area contributed by atoms with Crippen molar-refractivity contribution in [2.75, 3.05) is 19.6 Å². The molecule has 3 unspecified atom stereocenters. The number of rotatable bonds is 1. The first kappa shape index (κ1) is 11.5. The Bertz CT molecular complexity index is 453. The molecule has 0 spiro atoms. The maximum atomic E-state index is 13.3. The summed E-state index contributed by atoms with van der Waals surface area (Å²) in [6, 6.07) is 4.25. The lowest BCUT2D eigenvalue weighted by Gasteiger charge is -2.39. The molecule has 4 heteroatoms. The number of benzene rings is 1. The molecule has 17 heavy (non-hydrogen) atoms. The smallest absolute Gasteiger partial charge is 0.123 e. The Kier molecular flexibility index (Phi) is 2.65. The number of hydrogen-bond acceptors (Lipinski definition) is 2. The van der Waals surface area contributed by atoms with Gasteiger partial charge < -0.3 is 10.0 Å². The minimum atomic E-state index is -0.952. The van der Waals surface area contributed by atoms with E-state index in [2.05, 4.69) is 4.90 Å². The Hall–Kier alpha value is -0.640. The molecule has 2 fully saturated rings. The predicted molar refractivity (Wildman–Crippen MR) is 64.5 cm³/mol. The fraction of sp³-hybridized carbons (Fsp3) is 0.538. The van der Waals surface area contributed by atoms with Crippen LogP contribution in [0.4, 0.5) is 4.39 Å². The normalized spacial score (nSPS) is 36.2. The molecule has 2 bridgehead atoms. The molecular formula is C13H15ClFNO. The topological polar surface area (TPSA) is 23.5 Å². The van der Waals surface area contributed by atoms with E-state index in [0.717, 1.165) is 26.1 Å². The van der Waals surface area contributed by atoms with Gasteiger partial charge in [-0.3, -0.25) is 0 Å². The molecule has 2 aliphatic rings. The summed E-state index contributed by atoms with van der Waals surface area (Å²) >= 11 is 6.11. The highest BCUT2D eigenvalue weighted by atomic mass is 35.5. The van der Waals surface area contributed by atoms with Crippen molar-refractivity contribution in [2.45, 2.75) is 18.4 Å². The van der Waals surface area contributed by atoms with Gasteiger partial charge in [0.2, 0.25) is 0 Å². The van der Waals surface area contributed by atoms with Crippen molar-refractivity contribution in [2.24, 2.45) is 5.92 Å². The van der Waals surface area contributed by atoms with E-state index in [0.29, 0.717) is 17.0 Å². The maximum absolute atomic E-state index is 13.3. The van der Waals surface area contributed by atoms with Gasteiger partial charge in [-0.05, 0) is 37.6 Å². The van der Waals surface area contributed by atoms with Crippen molar-refractivity contribution in [1.82, 2.24) is 4.90 Å². The molecule has 2 saturated heterocycles. The summed E-state index contributed by atoms with van der Waals surface area (Å²) < 4.78 is 13.3. The molecule has 0 aliphatic carbocycles. The lowest BCUT2D eigenvalue weighted by atomic mass is 9.77. The first-order valence-electron chi connectivity index (χ1n) is 6.00. The highest BCUT2D eigenvalue weighted by Crippen LogP contribution is 2.44.